The van der Waals surface area contributed by atoms with E-state index in [-0.39, 0.29) is 10.9 Å². The number of nitriles is 1. The lowest BCUT2D eigenvalue weighted by Crippen LogP contribution is -2.12. The minimum absolute atomic E-state index is 0.204. The SMILES string of the molecule is CSC(=Nc1ccc([N+](=O)[O-])c(C(=O)O)c1)NC#N. The van der Waals surface area contributed by atoms with Crippen LogP contribution in [0.2, 0.25) is 0 Å². The minimum Gasteiger partial charge on any atom is -0.477 e. The highest BCUT2D eigenvalue weighted by Crippen LogP contribution is 2.25. The molecule has 0 amide bonds. The zero-order valence-corrected chi connectivity index (χ0v) is 10.5. The van der Waals surface area contributed by atoms with Crippen LogP contribution in [0.5, 0.6) is 0 Å². The number of hydrogen-bond acceptors (Lipinski definition) is 6. The lowest BCUT2D eigenvalue weighted by atomic mass is 10.1. The van der Waals surface area contributed by atoms with Crippen molar-refractivity contribution < 1.29 is 14.8 Å². The molecule has 0 saturated heterocycles. The van der Waals surface area contributed by atoms with Gasteiger partial charge in [-0.25, -0.2) is 9.79 Å². The van der Waals surface area contributed by atoms with Crippen molar-refractivity contribution in [2.75, 3.05) is 6.26 Å². The first kappa shape index (κ1) is 14.5. The van der Waals surface area contributed by atoms with Gasteiger partial charge < -0.3 is 5.11 Å². The lowest BCUT2D eigenvalue weighted by Gasteiger charge is -2.02. The Morgan fingerprint density at radius 2 is 2.32 bits per heavy atom. The van der Waals surface area contributed by atoms with Gasteiger partial charge in [-0.3, -0.25) is 15.4 Å². The normalized spacial score (nSPS) is 10.6. The van der Waals surface area contributed by atoms with Gasteiger partial charge in [-0.15, -0.1) is 0 Å². The zero-order valence-electron chi connectivity index (χ0n) is 9.65. The molecule has 0 radical (unpaired) electrons. The third-order valence-corrected chi connectivity index (χ3v) is 2.57. The number of amidine groups is 1. The summed E-state index contributed by atoms with van der Waals surface area (Å²) in [7, 11) is 0. The quantitative estimate of drug-likeness (QED) is 0.215. The number of benzene rings is 1. The van der Waals surface area contributed by atoms with Crippen molar-refractivity contribution in [3.63, 3.8) is 0 Å². The molecular weight excluding hydrogens is 272 g/mol. The van der Waals surface area contributed by atoms with Crippen molar-refractivity contribution in [3.05, 3.63) is 33.9 Å². The van der Waals surface area contributed by atoms with E-state index in [9.17, 15) is 14.9 Å². The number of aliphatic imine (C=N–C) groups is 1. The van der Waals surface area contributed by atoms with Gasteiger partial charge in [-0.2, -0.15) is 5.26 Å². The number of rotatable bonds is 3. The molecular formula is C10H8N4O4S. The molecule has 0 bridgehead atoms. The molecule has 0 fully saturated rings. The molecule has 0 aromatic heterocycles. The summed E-state index contributed by atoms with van der Waals surface area (Å²) in [5.74, 6) is -1.41. The zero-order chi connectivity index (χ0) is 14.4. The van der Waals surface area contributed by atoms with Crippen LogP contribution >= 0.6 is 11.8 Å². The maximum absolute atomic E-state index is 10.9. The second-order valence-corrected chi connectivity index (χ2v) is 3.92. The van der Waals surface area contributed by atoms with Crippen molar-refractivity contribution in [2.45, 2.75) is 0 Å². The molecule has 0 unspecified atom stereocenters. The van der Waals surface area contributed by atoms with Crippen LogP contribution in [-0.2, 0) is 0 Å². The van der Waals surface area contributed by atoms with Gasteiger partial charge in [-0.1, -0.05) is 11.8 Å². The van der Waals surface area contributed by atoms with Gasteiger partial charge in [-0.05, 0) is 18.4 Å². The summed E-state index contributed by atoms with van der Waals surface area (Å²) in [6.07, 6.45) is 3.35. The van der Waals surface area contributed by atoms with Crippen LogP contribution in [0.1, 0.15) is 10.4 Å². The summed E-state index contributed by atoms with van der Waals surface area (Å²) in [5, 5.41) is 30.6. The van der Waals surface area contributed by atoms with Crippen LogP contribution in [0.3, 0.4) is 0 Å². The molecule has 9 heteroatoms. The summed E-state index contributed by atoms with van der Waals surface area (Å²) in [6.45, 7) is 0. The number of nitro groups is 1. The third kappa shape index (κ3) is 3.68. The monoisotopic (exact) mass is 280 g/mol. The molecule has 98 valence electrons. The van der Waals surface area contributed by atoms with E-state index in [1.807, 2.05) is 0 Å². The summed E-state index contributed by atoms with van der Waals surface area (Å²) in [4.78, 5) is 24.8. The molecule has 0 atom stereocenters. The molecule has 8 nitrogen and oxygen atoms in total. The summed E-state index contributed by atoms with van der Waals surface area (Å²) >= 11 is 1.15. The number of nitro benzene ring substituents is 1. The Kier molecular flexibility index (Phi) is 4.84. The van der Waals surface area contributed by atoms with Crippen LogP contribution < -0.4 is 5.32 Å². The predicted octanol–water partition coefficient (Wildman–Crippen LogP) is 1.71. The van der Waals surface area contributed by atoms with E-state index in [0.29, 0.717) is 0 Å². The number of nitrogens with one attached hydrogen (secondary N) is 1. The first-order valence-electron chi connectivity index (χ1n) is 4.79. The topological polar surface area (TPSA) is 129 Å². The maximum atomic E-state index is 10.9. The molecule has 1 rings (SSSR count). The number of hydrogen-bond donors (Lipinski definition) is 2. The molecule has 0 spiro atoms. The maximum Gasteiger partial charge on any atom is 0.342 e. The Hall–Kier alpha value is -2.60. The average Bonchev–Trinajstić information content (AvgIpc) is 2.37. The molecule has 1 aromatic rings. The first-order valence-corrected chi connectivity index (χ1v) is 6.01. The number of thioether (sulfide) groups is 1. The van der Waals surface area contributed by atoms with Gasteiger partial charge in [0, 0.05) is 6.07 Å². The Labute approximate surface area is 111 Å². The number of carboxylic acid groups (broad SMARTS) is 1. The van der Waals surface area contributed by atoms with E-state index >= 15 is 0 Å². The molecule has 1 aromatic carbocycles. The number of carbonyl (C=O) groups is 1. The van der Waals surface area contributed by atoms with E-state index in [2.05, 4.69) is 10.3 Å². The second-order valence-electron chi connectivity index (χ2n) is 3.12. The highest BCUT2D eigenvalue weighted by Gasteiger charge is 2.19. The smallest absolute Gasteiger partial charge is 0.342 e. The Balaban J connectivity index is 3.26. The molecule has 2 N–H and O–H groups in total. The molecule has 0 aliphatic rings. The van der Waals surface area contributed by atoms with Gasteiger partial charge in [0.25, 0.3) is 5.69 Å². The van der Waals surface area contributed by atoms with Gasteiger partial charge in [0.1, 0.15) is 5.56 Å². The lowest BCUT2D eigenvalue weighted by molar-refractivity contribution is -0.385. The first-order chi connectivity index (χ1) is 8.99. The fourth-order valence-electron chi connectivity index (χ4n) is 1.21. The molecule has 0 saturated carbocycles. The highest BCUT2D eigenvalue weighted by molar-refractivity contribution is 8.13. The number of nitrogens with zero attached hydrogens (tertiary/aromatic N) is 3. The predicted molar refractivity (Wildman–Crippen MR) is 69.4 cm³/mol. The van der Waals surface area contributed by atoms with Crippen molar-refractivity contribution in [3.8, 4) is 6.19 Å². The van der Waals surface area contributed by atoms with Crippen molar-refractivity contribution in [1.29, 1.82) is 5.26 Å². The Morgan fingerprint density at radius 3 is 2.79 bits per heavy atom. The number of carboxylic acids is 1. The van der Waals surface area contributed by atoms with Gasteiger partial charge in [0.15, 0.2) is 11.4 Å². The van der Waals surface area contributed by atoms with Crippen LogP contribution in [0.4, 0.5) is 11.4 Å². The summed E-state index contributed by atoms with van der Waals surface area (Å²) in [5.41, 5.74) is -0.760. The standard InChI is InChI=1S/C10H8N4O4S/c1-19-10(12-5-11)13-6-2-3-8(14(17)18)7(4-6)9(15)16/h2-4H,1H3,(H,12,13)(H,15,16). The van der Waals surface area contributed by atoms with E-state index in [0.717, 1.165) is 23.9 Å². The van der Waals surface area contributed by atoms with E-state index in [1.54, 1.807) is 12.4 Å². The second kappa shape index (κ2) is 6.36. The molecule has 0 aliphatic heterocycles. The van der Waals surface area contributed by atoms with E-state index in [4.69, 9.17) is 10.4 Å². The van der Waals surface area contributed by atoms with Gasteiger partial charge in [0.2, 0.25) is 0 Å². The van der Waals surface area contributed by atoms with Crippen LogP contribution in [0, 0.1) is 21.6 Å². The Bertz CT molecular complexity index is 594. The van der Waals surface area contributed by atoms with Gasteiger partial charge in [0.05, 0.1) is 10.6 Å². The van der Waals surface area contributed by atoms with Gasteiger partial charge >= 0.3 is 5.97 Å². The van der Waals surface area contributed by atoms with Crippen molar-refractivity contribution in [2.24, 2.45) is 4.99 Å². The number of aromatic carboxylic acids is 1. The van der Waals surface area contributed by atoms with E-state index < -0.39 is 22.1 Å². The van der Waals surface area contributed by atoms with Crippen molar-refractivity contribution >= 4 is 34.3 Å². The van der Waals surface area contributed by atoms with Crippen LogP contribution in [0.15, 0.2) is 23.2 Å². The summed E-state index contributed by atoms with van der Waals surface area (Å²) < 4.78 is 0. The highest BCUT2D eigenvalue weighted by atomic mass is 32.2. The molecule has 0 heterocycles. The average molecular weight is 280 g/mol. The molecule has 0 aliphatic carbocycles. The van der Waals surface area contributed by atoms with E-state index in [1.165, 1.54) is 6.07 Å². The fourth-order valence-corrected chi connectivity index (χ4v) is 1.56. The minimum atomic E-state index is -1.41. The van der Waals surface area contributed by atoms with Crippen molar-refractivity contribution in [1.82, 2.24) is 5.32 Å². The van der Waals surface area contributed by atoms with Crippen LogP contribution in [0.25, 0.3) is 0 Å². The third-order valence-electron chi connectivity index (χ3n) is 1.99. The van der Waals surface area contributed by atoms with Crippen LogP contribution in [-0.4, -0.2) is 27.4 Å². The Morgan fingerprint density at radius 1 is 1.63 bits per heavy atom. The largest absolute Gasteiger partial charge is 0.477 e. The fraction of sp³-hybridized carbons (Fsp3) is 0.100. The molecule has 19 heavy (non-hydrogen) atoms. The summed E-state index contributed by atoms with van der Waals surface area (Å²) in [6, 6.07) is 3.45.